The third-order valence-corrected chi connectivity index (χ3v) is 4.05. The van der Waals surface area contributed by atoms with E-state index >= 15 is 0 Å². The van der Waals surface area contributed by atoms with Crippen LogP contribution in [0.15, 0.2) is 36.4 Å². The Labute approximate surface area is 115 Å². The van der Waals surface area contributed by atoms with Crippen LogP contribution in [0.25, 0.3) is 11.1 Å². The average Bonchev–Trinajstić information content (AvgIpc) is 2.82. The van der Waals surface area contributed by atoms with Crippen LogP contribution in [0.4, 0.5) is 5.69 Å². The summed E-state index contributed by atoms with van der Waals surface area (Å²) < 4.78 is 0. The van der Waals surface area contributed by atoms with Crippen LogP contribution in [0.5, 0.6) is 0 Å². The quantitative estimate of drug-likeness (QED) is 0.710. The smallest absolute Gasteiger partial charge is 0.0426 e. The normalized spacial score (nSPS) is 12.4. The van der Waals surface area contributed by atoms with E-state index in [0.29, 0.717) is 6.04 Å². The lowest BCUT2D eigenvalue weighted by Crippen LogP contribution is -2.17. The Bertz CT molecular complexity index is 582. The molecule has 0 unspecified atom stereocenters. The Kier molecular flexibility index (Phi) is 3.29. The first-order valence-corrected chi connectivity index (χ1v) is 7.21. The van der Waals surface area contributed by atoms with Gasteiger partial charge in [0.25, 0.3) is 0 Å². The number of rotatable bonds is 4. The highest BCUT2D eigenvalue weighted by Gasteiger charge is 2.18. The minimum Gasteiger partial charge on any atom is -0.382 e. The van der Waals surface area contributed by atoms with Gasteiger partial charge in [-0.2, -0.15) is 0 Å². The average molecular weight is 250 g/mol. The summed E-state index contributed by atoms with van der Waals surface area (Å²) in [6.45, 7) is 4.45. The molecule has 2 aromatic carbocycles. The molecule has 1 nitrogen and oxygen atoms in total. The van der Waals surface area contributed by atoms with Crippen LogP contribution in [-0.4, -0.2) is 6.04 Å². The predicted octanol–water partition coefficient (Wildman–Crippen LogP) is 4.66. The second-order valence-electron chi connectivity index (χ2n) is 5.26. The zero-order valence-corrected chi connectivity index (χ0v) is 11.7. The minimum absolute atomic E-state index is 0.554. The Morgan fingerprint density at radius 2 is 1.84 bits per heavy atom. The molecule has 0 amide bonds. The molecular formula is C18H20N. The topological polar surface area (TPSA) is 12.0 Å². The van der Waals surface area contributed by atoms with Crippen molar-refractivity contribution in [1.29, 1.82) is 0 Å². The van der Waals surface area contributed by atoms with Crippen LogP contribution >= 0.6 is 0 Å². The van der Waals surface area contributed by atoms with Crippen molar-refractivity contribution in [2.45, 2.75) is 39.2 Å². The van der Waals surface area contributed by atoms with Crippen LogP contribution in [-0.2, 0) is 6.42 Å². The maximum atomic E-state index is 3.58. The van der Waals surface area contributed by atoms with E-state index in [9.17, 15) is 0 Å². The van der Waals surface area contributed by atoms with Gasteiger partial charge in [0.15, 0.2) is 0 Å². The van der Waals surface area contributed by atoms with Crippen molar-refractivity contribution in [3.63, 3.8) is 0 Å². The maximum Gasteiger partial charge on any atom is 0.0426 e. The van der Waals surface area contributed by atoms with Crippen molar-refractivity contribution in [3.8, 4) is 11.1 Å². The largest absolute Gasteiger partial charge is 0.382 e. The molecule has 1 radical (unpaired) electrons. The second kappa shape index (κ2) is 5.08. The van der Waals surface area contributed by atoms with Crippen LogP contribution in [0.3, 0.4) is 0 Å². The van der Waals surface area contributed by atoms with E-state index in [1.807, 2.05) is 0 Å². The Morgan fingerprint density at radius 1 is 1.05 bits per heavy atom. The summed E-state index contributed by atoms with van der Waals surface area (Å²) >= 11 is 0. The number of benzene rings is 2. The zero-order chi connectivity index (χ0) is 13.2. The first kappa shape index (κ1) is 12.3. The molecule has 97 valence electrons. The lowest BCUT2D eigenvalue weighted by atomic mass is 10.0. The first-order valence-electron chi connectivity index (χ1n) is 7.21. The molecule has 1 N–H and O–H groups in total. The standard InChI is InChI=1S/C18H20N/c1-3-15(4-2)19-16-9-10-18-14(12-16)11-13-7-5-6-8-17(13)18/h5-10,15,19H,3-4,11H2,1-2H3. The molecular weight excluding hydrogens is 230 g/mol. The van der Waals surface area contributed by atoms with Gasteiger partial charge in [-0.3, -0.25) is 0 Å². The highest BCUT2D eigenvalue weighted by molar-refractivity contribution is 5.78. The van der Waals surface area contributed by atoms with Gasteiger partial charge in [0.1, 0.15) is 0 Å². The maximum absolute atomic E-state index is 3.58. The number of fused-ring (bicyclic) bond motifs is 3. The number of nitrogens with one attached hydrogen (secondary N) is 1. The summed E-state index contributed by atoms with van der Waals surface area (Å²) in [5, 5.41) is 3.58. The summed E-state index contributed by atoms with van der Waals surface area (Å²) in [4.78, 5) is 0. The van der Waals surface area contributed by atoms with E-state index in [1.54, 1.807) is 0 Å². The predicted molar refractivity (Wildman–Crippen MR) is 81.5 cm³/mol. The molecule has 19 heavy (non-hydrogen) atoms. The van der Waals surface area contributed by atoms with Gasteiger partial charge in [-0.25, -0.2) is 0 Å². The van der Waals surface area contributed by atoms with E-state index in [0.717, 1.165) is 24.9 Å². The third-order valence-electron chi connectivity index (χ3n) is 4.05. The second-order valence-corrected chi connectivity index (χ2v) is 5.26. The van der Waals surface area contributed by atoms with E-state index in [1.165, 1.54) is 22.3 Å². The van der Waals surface area contributed by atoms with Crippen molar-refractivity contribution < 1.29 is 0 Å². The monoisotopic (exact) mass is 250 g/mol. The number of anilines is 1. The fourth-order valence-electron chi connectivity index (χ4n) is 2.86. The molecule has 1 aliphatic rings. The molecule has 0 heterocycles. The van der Waals surface area contributed by atoms with Gasteiger partial charge < -0.3 is 5.32 Å². The third kappa shape index (κ3) is 2.25. The summed E-state index contributed by atoms with van der Waals surface area (Å²) in [6, 6.07) is 17.2. The van der Waals surface area contributed by atoms with E-state index in [4.69, 9.17) is 0 Å². The fourth-order valence-corrected chi connectivity index (χ4v) is 2.86. The molecule has 1 heteroatoms. The lowest BCUT2D eigenvalue weighted by Gasteiger charge is -2.16. The summed E-state index contributed by atoms with van der Waals surface area (Å²) in [6.07, 6.45) is 3.33. The van der Waals surface area contributed by atoms with Crippen LogP contribution in [0.2, 0.25) is 0 Å². The first-order chi connectivity index (χ1) is 9.31. The van der Waals surface area contributed by atoms with Gasteiger partial charge in [0.05, 0.1) is 0 Å². The molecule has 0 spiro atoms. The summed E-state index contributed by atoms with van der Waals surface area (Å²) in [5.41, 5.74) is 6.62. The minimum atomic E-state index is 0.554. The molecule has 0 aliphatic heterocycles. The van der Waals surface area contributed by atoms with Crippen molar-refractivity contribution in [3.05, 3.63) is 53.6 Å². The van der Waals surface area contributed by atoms with E-state index < -0.39 is 0 Å². The summed E-state index contributed by atoms with van der Waals surface area (Å²) in [5.74, 6) is 0. The van der Waals surface area contributed by atoms with Gasteiger partial charge in [-0.1, -0.05) is 44.2 Å². The van der Waals surface area contributed by atoms with Crippen molar-refractivity contribution in [2.24, 2.45) is 0 Å². The zero-order valence-electron chi connectivity index (χ0n) is 11.7. The molecule has 3 rings (SSSR count). The molecule has 1 aliphatic carbocycles. The molecule has 0 bridgehead atoms. The molecule has 0 saturated heterocycles. The summed E-state index contributed by atoms with van der Waals surface area (Å²) in [7, 11) is 0. The van der Waals surface area contributed by atoms with Crippen LogP contribution in [0, 0.1) is 6.07 Å². The van der Waals surface area contributed by atoms with Crippen molar-refractivity contribution in [1.82, 2.24) is 0 Å². The van der Waals surface area contributed by atoms with Gasteiger partial charge in [-0.05, 0) is 47.6 Å². The highest BCUT2D eigenvalue weighted by Crippen LogP contribution is 2.37. The molecule has 0 aromatic heterocycles. The van der Waals surface area contributed by atoms with Gasteiger partial charge in [0.2, 0.25) is 0 Å². The number of hydrogen-bond donors (Lipinski definition) is 1. The van der Waals surface area contributed by atoms with E-state index in [-0.39, 0.29) is 0 Å². The van der Waals surface area contributed by atoms with Crippen molar-refractivity contribution >= 4 is 5.69 Å². The SMILES string of the molecule is CCC(CC)Nc1[c]c2c(cc1)-c1ccccc1C2. The molecule has 0 atom stereocenters. The van der Waals surface area contributed by atoms with Gasteiger partial charge in [0, 0.05) is 17.8 Å². The lowest BCUT2D eigenvalue weighted by molar-refractivity contribution is 0.671. The van der Waals surface area contributed by atoms with Crippen LogP contribution < -0.4 is 5.32 Å². The Balaban J connectivity index is 1.89. The fraction of sp³-hybridized carbons (Fsp3) is 0.333. The van der Waals surface area contributed by atoms with Crippen LogP contribution in [0.1, 0.15) is 37.8 Å². The van der Waals surface area contributed by atoms with Gasteiger partial charge in [-0.15, -0.1) is 0 Å². The van der Waals surface area contributed by atoms with Gasteiger partial charge >= 0.3 is 0 Å². The van der Waals surface area contributed by atoms with Crippen molar-refractivity contribution in [2.75, 3.05) is 5.32 Å². The van der Waals surface area contributed by atoms with E-state index in [2.05, 4.69) is 61.6 Å². The Morgan fingerprint density at radius 3 is 2.63 bits per heavy atom. The number of hydrogen-bond acceptors (Lipinski definition) is 1. The molecule has 0 saturated carbocycles. The Hall–Kier alpha value is -1.76. The molecule has 0 fully saturated rings. The molecule has 2 aromatic rings. The highest BCUT2D eigenvalue weighted by atomic mass is 14.9.